The Hall–Kier alpha value is -2.47. The highest BCUT2D eigenvalue weighted by Crippen LogP contribution is 2.34. The number of imide groups is 1. The quantitative estimate of drug-likeness (QED) is 0.928. The van der Waals surface area contributed by atoms with E-state index in [1.54, 1.807) is 19.2 Å². The fraction of sp³-hybridized carbons (Fsp3) is 0.176. The van der Waals surface area contributed by atoms with Gasteiger partial charge in [0.25, 0.3) is 11.1 Å². The lowest BCUT2D eigenvalue weighted by Crippen LogP contribution is -2.34. The summed E-state index contributed by atoms with van der Waals surface area (Å²) >= 11 is 0.967. The van der Waals surface area contributed by atoms with Crippen LogP contribution in [0.15, 0.2) is 48.5 Å². The van der Waals surface area contributed by atoms with Gasteiger partial charge in [-0.25, -0.2) is 4.90 Å². The lowest BCUT2D eigenvalue weighted by Gasteiger charge is -2.16. The number of para-hydroxylation sites is 2. The van der Waals surface area contributed by atoms with E-state index in [-0.39, 0.29) is 11.1 Å². The second-order valence-corrected chi connectivity index (χ2v) is 6.18. The zero-order valence-electron chi connectivity index (χ0n) is 12.8. The molecule has 1 aliphatic heterocycles. The molecule has 1 aliphatic rings. The molecular weight excluding hydrogens is 312 g/mol. The molecule has 0 aromatic heterocycles. The van der Waals surface area contributed by atoms with E-state index in [9.17, 15) is 9.59 Å². The minimum Gasteiger partial charge on any atom is -0.495 e. The molecule has 118 valence electrons. The third kappa shape index (κ3) is 3.03. The van der Waals surface area contributed by atoms with Gasteiger partial charge in [0.15, 0.2) is 5.37 Å². The van der Waals surface area contributed by atoms with E-state index in [1.165, 1.54) is 4.90 Å². The van der Waals surface area contributed by atoms with Gasteiger partial charge >= 0.3 is 0 Å². The number of nitrogens with zero attached hydrogens (tertiary/aromatic N) is 1. The second kappa shape index (κ2) is 6.34. The van der Waals surface area contributed by atoms with E-state index in [2.05, 4.69) is 5.32 Å². The maximum atomic E-state index is 12.6. The van der Waals surface area contributed by atoms with Crippen LogP contribution in [0.3, 0.4) is 0 Å². The third-order valence-electron chi connectivity index (χ3n) is 3.50. The van der Waals surface area contributed by atoms with Crippen LogP contribution >= 0.6 is 11.8 Å². The molecule has 0 spiro atoms. The average Bonchev–Trinajstić information content (AvgIpc) is 2.82. The first-order chi connectivity index (χ1) is 11.1. The standard InChI is InChI=1S/C17H16N2O3S/c1-11-6-5-7-12(10-11)19-16(20)15(23-17(19)21)18-13-8-3-4-9-14(13)22-2/h3-10,15,18H,1-2H3/t15-/m0/s1. The Morgan fingerprint density at radius 1 is 1.13 bits per heavy atom. The molecule has 1 N–H and O–H groups in total. The first-order valence-electron chi connectivity index (χ1n) is 7.11. The van der Waals surface area contributed by atoms with Gasteiger partial charge in [0, 0.05) is 0 Å². The van der Waals surface area contributed by atoms with Crippen molar-refractivity contribution in [1.29, 1.82) is 0 Å². The summed E-state index contributed by atoms with van der Waals surface area (Å²) in [6.07, 6.45) is 0. The Balaban J connectivity index is 1.84. The maximum Gasteiger partial charge on any atom is 0.295 e. The van der Waals surface area contributed by atoms with Gasteiger partial charge in [-0.15, -0.1) is 0 Å². The SMILES string of the molecule is COc1ccccc1N[C@H]1SC(=O)N(c2cccc(C)c2)C1=O. The summed E-state index contributed by atoms with van der Waals surface area (Å²) < 4.78 is 5.26. The van der Waals surface area contributed by atoms with E-state index in [4.69, 9.17) is 4.74 Å². The maximum absolute atomic E-state index is 12.6. The second-order valence-electron chi connectivity index (χ2n) is 5.12. The minimum absolute atomic E-state index is 0.281. The third-order valence-corrected chi connectivity index (χ3v) is 4.44. The molecule has 1 heterocycles. The topological polar surface area (TPSA) is 58.6 Å². The van der Waals surface area contributed by atoms with Gasteiger partial charge in [-0.05, 0) is 48.5 Å². The van der Waals surface area contributed by atoms with E-state index in [0.29, 0.717) is 17.1 Å². The number of methoxy groups -OCH3 is 1. The summed E-state index contributed by atoms with van der Waals surface area (Å²) in [4.78, 5) is 26.1. The Morgan fingerprint density at radius 2 is 1.91 bits per heavy atom. The number of carbonyl (C=O) groups excluding carboxylic acids is 2. The number of rotatable bonds is 4. The molecular formula is C17H16N2O3S. The van der Waals surface area contributed by atoms with Crippen LogP contribution in [-0.2, 0) is 4.79 Å². The van der Waals surface area contributed by atoms with Gasteiger partial charge in [-0.2, -0.15) is 0 Å². The van der Waals surface area contributed by atoms with Crippen molar-refractivity contribution in [1.82, 2.24) is 0 Å². The number of carbonyl (C=O) groups is 2. The fourth-order valence-electron chi connectivity index (χ4n) is 2.41. The summed E-state index contributed by atoms with van der Waals surface area (Å²) in [5.41, 5.74) is 2.27. The first kappa shape index (κ1) is 15.4. The summed E-state index contributed by atoms with van der Waals surface area (Å²) in [5.74, 6) is 0.346. The number of thioether (sulfide) groups is 1. The van der Waals surface area contributed by atoms with Crippen molar-refractivity contribution in [3.63, 3.8) is 0 Å². The van der Waals surface area contributed by atoms with Crippen LogP contribution in [0, 0.1) is 6.92 Å². The van der Waals surface area contributed by atoms with Gasteiger partial charge in [0.1, 0.15) is 5.75 Å². The Kier molecular flexibility index (Phi) is 4.25. The summed E-state index contributed by atoms with van der Waals surface area (Å²) in [7, 11) is 1.56. The molecule has 0 unspecified atom stereocenters. The number of anilines is 2. The van der Waals surface area contributed by atoms with Crippen molar-refractivity contribution >= 4 is 34.3 Å². The van der Waals surface area contributed by atoms with Crippen LogP contribution in [0.25, 0.3) is 0 Å². The van der Waals surface area contributed by atoms with Gasteiger partial charge in [0.05, 0.1) is 18.5 Å². The normalized spacial score (nSPS) is 17.5. The Morgan fingerprint density at radius 3 is 2.65 bits per heavy atom. The van der Waals surface area contributed by atoms with Crippen molar-refractivity contribution in [2.45, 2.75) is 12.3 Å². The van der Waals surface area contributed by atoms with Crippen molar-refractivity contribution in [3.05, 3.63) is 54.1 Å². The Bertz CT molecular complexity index is 763. The predicted octanol–water partition coefficient (Wildman–Crippen LogP) is 3.64. The molecule has 0 radical (unpaired) electrons. The van der Waals surface area contributed by atoms with Gasteiger partial charge in [0.2, 0.25) is 0 Å². The number of nitrogens with one attached hydrogen (secondary N) is 1. The van der Waals surface area contributed by atoms with Crippen LogP contribution in [-0.4, -0.2) is 23.6 Å². The zero-order chi connectivity index (χ0) is 16.4. The van der Waals surface area contributed by atoms with Crippen molar-refractivity contribution in [3.8, 4) is 5.75 Å². The van der Waals surface area contributed by atoms with E-state index < -0.39 is 5.37 Å². The number of hydrogen-bond donors (Lipinski definition) is 1. The molecule has 0 bridgehead atoms. The number of benzene rings is 2. The van der Waals surface area contributed by atoms with Gasteiger partial charge in [-0.3, -0.25) is 9.59 Å². The molecule has 0 saturated carbocycles. The molecule has 23 heavy (non-hydrogen) atoms. The van der Waals surface area contributed by atoms with Crippen molar-refractivity contribution in [2.24, 2.45) is 0 Å². The highest BCUT2D eigenvalue weighted by molar-refractivity contribution is 8.16. The number of ether oxygens (including phenoxy) is 1. The predicted molar refractivity (Wildman–Crippen MR) is 92.1 cm³/mol. The van der Waals surface area contributed by atoms with Crippen LogP contribution in [0.1, 0.15) is 5.56 Å². The highest BCUT2D eigenvalue weighted by atomic mass is 32.2. The zero-order valence-corrected chi connectivity index (χ0v) is 13.6. The number of aryl methyl sites for hydroxylation is 1. The molecule has 1 saturated heterocycles. The molecule has 0 aliphatic carbocycles. The van der Waals surface area contributed by atoms with Gasteiger partial charge < -0.3 is 10.1 Å². The van der Waals surface area contributed by atoms with E-state index >= 15 is 0 Å². The van der Waals surface area contributed by atoms with Gasteiger partial charge in [-0.1, -0.05) is 24.3 Å². The molecule has 2 aromatic rings. The minimum atomic E-state index is -0.667. The molecule has 3 rings (SSSR count). The lowest BCUT2D eigenvalue weighted by atomic mass is 10.2. The molecule has 6 heteroatoms. The van der Waals surface area contributed by atoms with E-state index in [0.717, 1.165) is 17.3 Å². The van der Waals surface area contributed by atoms with Crippen LogP contribution in [0.4, 0.5) is 16.2 Å². The fourth-order valence-corrected chi connectivity index (χ4v) is 3.30. The smallest absolute Gasteiger partial charge is 0.295 e. The average molecular weight is 328 g/mol. The molecule has 1 fully saturated rings. The number of amides is 2. The summed E-state index contributed by atoms with van der Waals surface area (Å²) in [6, 6.07) is 14.6. The van der Waals surface area contributed by atoms with E-state index in [1.807, 2.05) is 43.3 Å². The van der Waals surface area contributed by atoms with Crippen LogP contribution in [0.5, 0.6) is 5.75 Å². The van der Waals surface area contributed by atoms with Crippen LogP contribution in [0.2, 0.25) is 0 Å². The van der Waals surface area contributed by atoms with Crippen LogP contribution < -0.4 is 15.0 Å². The highest BCUT2D eigenvalue weighted by Gasteiger charge is 2.41. The molecule has 5 nitrogen and oxygen atoms in total. The van der Waals surface area contributed by atoms with Crippen molar-refractivity contribution in [2.75, 3.05) is 17.3 Å². The summed E-state index contributed by atoms with van der Waals surface area (Å²) in [6.45, 7) is 1.92. The van der Waals surface area contributed by atoms with Crippen molar-refractivity contribution < 1.29 is 14.3 Å². The molecule has 1 atom stereocenters. The first-order valence-corrected chi connectivity index (χ1v) is 7.99. The summed E-state index contributed by atoms with van der Waals surface area (Å²) in [5, 5.41) is 2.13. The number of hydrogen-bond acceptors (Lipinski definition) is 5. The lowest BCUT2D eigenvalue weighted by molar-refractivity contribution is -0.116. The molecule has 2 aromatic carbocycles. The molecule has 2 amide bonds. The Labute approximate surface area is 138 Å². The monoisotopic (exact) mass is 328 g/mol. The largest absolute Gasteiger partial charge is 0.495 e.